The molecule has 144 valence electrons. The van der Waals surface area contributed by atoms with E-state index in [4.69, 9.17) is 58.5 Å². The normalized spacial score (nSPS) is 20.2. The Balaban J connectivity index is 2.84. The molecule has 1 aliphatic heterocycles. The number of aldehydes is 1. The highest BCUT2D eigenvalue weighted by molar-refractivity contribution is 6.67. The summed E-state index contributed by atoms with van der Waals surface area (Å²) < 4.78 is 23.0. The van der Waals surface area contributed by atoms with Gasteiger partial charge in [0.2, 0.25) is 3.79 Å². The van der Waals surface area contributed by atoms with Gasteiger partial charge in [-0.05, 0) is 0 Å². The van der Waals surface area contributed by atoms with Gasteiger partial charge in [-0.1, -0.05) is 48.7 Å². The molecule has 1 heterocycles. The Bertz CT molecular complexity index is 491. The number of methoxy groups -OCH3 is 1. The predicted molar refractivity (Wildman–Crippen MR) is 88.0 cm³/mol. The molecule has 0 N–H and O–H groups in total. The molecule has 0 amide bonds. The molecule has 0 aromatic rings. The van der Waals surface area contributed by atoms with Gasteiger partial charge in [0.25, 0.3) is 0 Å². The molecule has 0 spiro atoms. The van der Waals surface area contributed by atoms with Crippen LogP contribution in [-0.4, -0.2) is 61.0 Å². The minimum absolute atomic E-state index is 0.00326. The van der Waals surface area contributed by atoms with Crippen molar-refractivity contribution >= 4 is 53.4 Å². The van der Waals surface area contributed by atoms with E-state index in [0.717, 1.165) is 0 Å². The SMILES string of the molecule is CO[C@H](C=O)C(C)(C)[C@@H](C[C@H]1COC(=O)O1)OC(=O)OCC(Cl)(Cl)Cl. The van der Waals surface area contributed by atoms with Crippen LogP contribution in [-0.2, 0) is 28.5 Å². The van der Waals surface area contributed by atoms with Gasteiger partial charge in [-0.3, -0.25) is 0 Å². The van der Waals surface area contributed by atoms with Crippen molar-refractivity contribution in [2.24, 2.45) is 5.41 Å². The van der Waals surface area contributed by atoms with Crippen molar-refractivity contribution in [2.45, 2.75) is 42.4 Å². The highest BCUT2D eigenvalue weighted by Gasteiger charge is 2.44. The molecule has 0 saturated carbocycles. The molecule has 25 heavy (non-hydrogen) atoms. The van der Waals surface area contributed by atoms with E-state index in [-0.39, 0.29) is 13.0 Å². The van der Waals surface area contributed by atoms with Crippen molar-refractivity contribution < 1.29 is 38.1 Å². The van der Waals surface area contributed by atoms with E-state index >= 15 is 0 Å². The van der Waals surface area contributed by atoms with Gasteiger partial charge in [0.05, 0.1) is 0 Å². The summed E-state index contributed by atoms with van der Waals surface area (Å²) in [4.78, 5) is 34.2. The lowest BCUT2D eigenvalue weighted by Gasteiger charge is -2.37. The zero-order chi connectivity index (χ0) is 19.3. The Morgan fingerprint density at radius 2 is 2.04 bits per heavy atom. The fourth-order valence-corrected chi connectivity index (χ4v) is 2.40. The fraction of sp³-hybridized carbons (Fsp3) is 0.786. The second-order valence-electron chi connectivity index (χ2n) is 5.91. The quantitative estimate of drug-likeness (QED) is 0.335. The highest BCUT2D eigenvalue weighted by Crippen LogP contribution is 2.34. The molecule has 0 radical (unpaired) electrons. The average Bonchev–Trinajstić information content (AvgIpc) is 2.90. The van der Waals surface area contributed by atoms with Gasteiger partial charge in [-0.25, -0.2) is 9.59 Å². The molecule has 0 aliphatic carbocycles. The van der Waals surface area contributed by atoms with Crippen LogP contribution in [0.3, 0.4) is 0 Å². The average molecular weight is 422 g/mol. The molecule has 3 atom stereocenters. The van der Waals surface area contributed by atoms with E-state index in [1.54, 1.807) is 13.8 Å². The first-order valence-corrected chi connectivity index (χ1v) is 8.34. The number of rotatable bonds is 8. The molecular formula is C14H19Cl3O8. The van der Waals surface area contributed by atoms with E-state index in [1.807, 2.05) is 0 Å². The van der Waals surface area contributed by atoms with Crippen LogP contribution in [0.15, 0.2) is 0 Å². The first kappa shape index (κ1) is 22.1. The summed E-state index contributed by atoms with van der Waals surface area (Å²) in [7, 11) is 1.34. The van der Waals surface area contributed by atoms with Gasteiger partial charge in [-0.2, -0.15) is 0 Å². The molecule has 1 saturated heterocycles. The third kappa shape index (κ3) is 7.05. The van der Waals surface area contributed by atoms with Crippen molar-refractivity contribution in [3.8, 4) is 0 Å². The molecule has 11 heteroatoms. The zero-order valence-electron chi connectivity index (χ0n) is 13.8. The van der Waals surface area contributed by atoms with Crippen molar-refractivity contribution in [3.63, 3.8) is 0 Å². The fourth-order valence-electron chi connectivity index (χ4n) is 2.23. The Labute approximate surface area is 159 Å². The van der Waals surface area contributed by atoms with Gasteiger partial charge in [-0.15, -0.1) is 0 Å². The number of halogens is 3. The van der Waals surface area contributed by atoms with Crippen LogP contribution in [0.1, 0.15) is 20.3 Å². The van der Waals surface area contributed by atoms with Crippen LogP contribution in [0.4, 0.5) is 9.59 Å². The number of hydrogen-bond donors (Lipinski definition) is 0. The van der Waals surface area contributed by atoms with Gasteiger partial charge in [0.15, 0.2) is 0 Å². The lowest BCUT2D eigenvalue weighted by molar-refractivity contribution is -0.134. The van der Waals surface area contributed by atoms with E-state index in [1.165, 1.54) is 7.11 Å². The highest BCUT2D eigenvalue weighted by atomic mass is 35.6. The summed E-state index contributed by atoms with van der Waals surface area (Å²) in [5, 5.41) is 0. The largest absolute Gasteiger partial charge is 0.508 e. The first-order chi connectivity index (χ1) is 11.5. The number of ether oxygens (including phenoxy) is 5. The minimum atomic E-state index is -1.79. The van der Waals surface area contributed by atoms with Crippen molar-refractivity contribution in [3.05, 3.63) is 0 Å². The molecule has 0 aromatic carbocycles. The second-order valence-corrected chi connectivity index (χ2v) is 8.43. The Morgan fingerprint density at radius 3 is 2.48 bits per heavy atom. The Kier molecular flexibility index (Phi) is 8.05. The maximum absolute atomic E-state index is 11.9. The molecule has 0 bridgehead atoms. The lowest BCUT2D eigenvalue weighted by Crippen LogP contribution is -2.46. The lowest BCUT2D eigenvalue weighted by atomic mass is 9.78. The standard InChI is InChI=1S/C14H19Cl3O8/c1-13(2,10(5-18)21-3)9(4-8-6-22-11(19)24-8)25-12(20)23-7-14(15,16)17/h5,8-10H,4,6-7H2,1-3H3/t8-,9+,10+/m0/s1. The van der Waals surface area contributed by atoms with Crippen molar-refractivity contribution in [1.82, 2.24) is 0 Å². The maximum Gasteiger partial charge on any atom is 0.508 e. The van der Waals surface area contributed by atoms with Crippen LogP contribution in [0.25, 0.3) is 0 Å². The van der Waals surface area contributed by atoms with Gasteiger partial charge in [0, 0.05) is 18.9 Å². The van der Waals surface area contributed by atoms with Crippen molar-refractivity contribution in [2.75, 3.05) is 20.3 Å². The number of carbonyl (C=O) groups is 3. The molecule has 8 nitrogen and oxygen atoms in total. The van der Waals surface area contributed by atoms with Gasteiger partial charge in [0.1, 0.15) is 37.8 Å². The number of hydrogen-bond acceptors (Lipinski definition) is 8. The van der Waals surface area contributed by atoms with E-state index in [2.05, 4.69) is 0 Å². The topological polar surface area (TPSA) is 97.4 Å². The number of cyclic esters (lactones) is 2. The predicted octanol–water partition coefficient (Wildman–Crippen LogP) is 3.04. The summed E-state index contributed by atoms with van der Waals surface area (Å²) in [5.41, 5.74) is -0.968. The Hall–Kier alpha value is -0.960. The van der Waals surface area contributed by atoms with Crippen LogP contribution < -0.4 is 0 Å². The summed E-state index contributed by atoms with van der Waals surface area (Å²) in [6, 6.07) is 0. The van der Waals surface area contributed by atoms with E-state index in [9.17, 15) is 14.4 Å². The first-order valence-electron chi connectivity index (χ1n) is 7.21. The second kappa shape index (κ2) is 9.12. The molecule has 0 aromatic heterocycles. The molecule has 1 rings (SSSR count). The monoisotopic (exact) mass is 420 g/mol. The smallest absolute Gasteiger partial charge is 0.430 e. The van der Waals surface area contributed by atoms with Crippen LogP contribution in [0, 0.1) is 5.41 Å². The molecule has 0 unspecified atom stereocenters. The van der Waals surface area contributed by atoms with Crippen molar-refractivity contribution in [1.29, 1.82) is 0 Å². The summed E-state index contributed by atoms with van der Waals surface area (Å²) in [6.07, 6.45) is -3.73. The van der Waals surface area contributed by atoms with Crippen LogP contribution in [0.2, 0.25) is 0 Å². The summed E-state index contributed by atoms with van der Waals surface area (Å²) in [5.74, 6) is 0. The summed E-state index contributed by atoms with van der Waals surface area (Å²) >= 11 is 16.5. The number of alkyl halides is 3. The zero-order valence-corrected chi connectivity index (χ0v) is 16.1. The Morgan fingerprint density at radius 1 is 1.40 bits per heavy atom. The van der Waals surface area contributed by atoms with E-state index < -0.39 is 46.4 Å². The van der Waals surface area contributed by atoms with Gasteiger partial charge < -0.3 is 28.5 Å². The third-order valence-electron chi connectivity index (χ3n) is 3.66. The van der Waals surface area contributed by atoms with Crippen LogP contribution in [0.5, 0.6) is 0 Å². The van der Waals surface area contributed by atoms with Gasteiger partial charge >= 0.3 is 12.3 Å². The minimum Gasteiger partial charge on any atom is -0.430 e. The molecular weight excluding hydrogens is 403 g/mol. The van der Waals surface area contributed by atoms with E-state index in [0.29, 0.717) is 6.29 Å². The van der Waals surface area contributed by atoms with Crippen LogP contribution >= 0.6 is 34.8 Å². The molecule has 1 aliphatic rings. The number of carbonyl (C=O) groups excluding carboxylic acids is 3. The third-order valence-corrected chi connectivity index (χ3v) is 3.99. The molecule has 1 fully saturated rings. The maximum atomic E-state index is 11.9. The summed E-state index contributed by atoms with van der Waals surface area (Å²) in [6.45, 7) is 2.78.